The van der Waals surface area contributed by atoms with E-state index in [9.17, 15) is 14.9 Å². The minimum Gasteiger partial charge on any atom is -0.494 e. The lowest BCUT2D eigenvalue weighted by molar-refractivity contribution is -0.387. The number of rotatable bonds is 6. The second-order valence-electron chi connectivity index (χ2n) is 8.23. The zero-order valence-electron chi connectivity index (χ0n) is 18.1. The highest BCUT2D eigenvalue weighted by Crippen LogP contribution is 2.40. The molecule has 0 bridgehead atoms. The van der Waals surface area contributed by atoms with Gasteiger partial charge in [0.2, 0.25) is 5.91 Å². The van der Waals surface area contributed by atoms with Crippen molar-refractivity contribution in [3.05, 3.63) is 52.1 Å². The number of nitrogens with one attached hydrogen (secondary N) is 2. The van der Waals surface area contributed by atoms with E-state index in [1.165, 1.54) is 23.1 Å². The van der Waals surface area contributed by atoms with Crippen molar-refractivity contribution in [2.24, 2.45) is 5.92 Å². The summed E-state index contributed by atoms with van der Waals surface area (Å²) in [6.45, 7) is 2.52. The summed E-state index contributed by atoms with van der Waals surface area (Å²) in [5.74, 6) is 0.801. The van der Waals surface area contributed by atoms with E-state index in [-0.39, 0.29) is 28.5 Å². The van der Waals surface area contributed by atoms with Gasteiger partial charge in [0, 0.05) is 12.1 Å². The van der Waals surface area contributed by atoms with Crippen LogP contribution in [0.3, 0.4) is 0 Å². The molecule has 172 valence electrons. The van der Waals surface area contributed by atoms with E-state index in [1.54, 1.807) is 12.1 Å². The van der Waals surface area contributed by atoms with Gasteiger partial charge in [0.05, 0.1) is 32.6 Å². The van der Waals surface area contributed by atoms with Crippen LogP contribution in [-0.4, -0.2) is 28.5 Å². The summed E-state index contributed by atoms with van der Waals surface area (Å²) >= 11 is 2.76. The highest BCUT2D eigenvalue weighted by atomic mass is 32.2. The Labute approximate surface area is 199 Å². The Hall–Kier alpha value is -2.69. The number of nitro groups is 1. The molecule has 2 N–H and O–H groups in total. The molecule has 0 spiro atoms. The Morgan fingerprint density at radius 1 is 1.24 bits per heavy atom. The molecule has 3 atom stereocenters. The topological polar surface area (TPSA) is 106 Å². The van der Waals surface area contributed by atoms with E-state index in [0.29, 0.717) is 17.1 Å². The minimum absolute atomic E-state index is 0.00794. The fourth-order valence-electron chi connectivity index (χ4n) is 4.55. The largest absolute Gasteiger partial charge is 0.494 e. The van der Waals surface area contributed by atoms with Crippen molar-refractivity contribution < 1.29 is 14.5 Å². The predicted octanol–water partition coefficient (Wildman–Crippen LogP) is 5.03. The number of ether oxygens (including phenoxy) is 1. The van der Waals surface area contributed by atoms with Crippen molar-refractivity contribution >= 4 is 44.9 Å². The van der Waals surface area contributed by atoms with Gasteiger partial charge < -0.3 is 10.1 Å². The van der Waals surface area contributed by atoms with Crippen LogP contribution in [0.2, 0.25) is 0 Å². The molecule has 1 aliphatic carbocycles. The maximum atomic E-state index is 12.6. The molecule has 1 saturated heterocycles. The van der Waals surface area contributed by atoms with Crippen LogP contribution in [0, 0.1) is 16.0 Å². The van der Waals surface area contributed by atoms with Crippen LogP contribution in [0.25, 0.3) is 10.2 Å². The number of nitro benzene ring substituents is 1. The standard InChI is InChI=1S/C23H24N4O4S2/c1-2-31-14-8-9-17-20(12-14)33-23(25-17)32-19-10-7-13(11-18(19)27(29)30)21-24-16-6-4-3-5-15(16)22(28)26-21/h7-12,15-16,21,24H,2-6H2,1H3,(H,26,28)/t15-,16+,21+/m1/s1. The van der Waals surface area contributed by atoms with Crippen LogP contribution in [0.4, 0.5) is 5.69 Å². The van der Waals surface area contributed by atoms with E-state index >= 15 is 0 Å². The van der Waals surface area contributed by atoms with Gasteiger partial charge in [-0.2, -0.15) is 0 Å². The van der Waals surface area contributed by atoms with E-state index in [1.807, 2.05) is 31.2 Å². The lowest BCUT2D eigenvalue weighted by atomic mass is 9.82. The second-order valence-corrected chi connectivity index (χ2v) is 10.6. The smallest absolute Gasteiger partial charge is 0.283 e. The summed E-state index contributed by atoms with van der Waals surface area (Å²) in [5.41, 5.74) is 1.53. The molecule has 1 saturated carbocycles. The molecule has 33 heavy (non-hydrogen) atoms. The normalized spacial score (nSPS) is 22.6. The van der Waals surface area contributed by atoms with Crippen molar-refractivity contribution in [2.45, 2.75) is 54.0 Å². The summed E-state index contributed by atoms with van der Waals surface area (Å²) in [5, 5.41) is 18.4. The Balaban J connectivity index is 1.39. The molecule has 3 aromatic rings. The van der Waals surface area contributed by atoms with E-state index in [2.05, 4.69) is 15.6 Å². The summed E-state index contributed by atoms with van der Waals surface area (Å²) < 4.78 is 7.25. The predicted molar refractivity (Wildman–Crippen MR) is 128 cm³/mol. The van der Waals surface area contributed by atoms with Gasteiger partial charge in [-0.3, -0.25) is 20.2 Å². The molecule has 2 heterocycles. The Morgan fingerprint density at radius 2 is 2.09 bits per heavy atom. The number of carbonyl (C=O) groups excluding carboxylic acids is 1. The Bertz CT molecular complexity index is 1210. The van der Waals surface area contributed by atoms with Crippen LogP contribution in [0.1, 0.15) is 44.3 Å². The quantitative estimate of drug-likeness (QED) is 0.373. The van der Waals surface area contributed by atoms with Gasteiger partial charge in [0.15, 0.2) is 4.34 Å². The molecule has 5 rings (SSSR count). The number of amides is 1. The summed E-state index contributed by atoms with van der Waals surface area (Å²) in [4.78, 5) is 29.2. The number of hydrogen-bond donors (Lipinski definition) is 2. The van der Waals surface area contributed by atoms with Crippen LogP contribution in [0.15, 0.2) is 45.6 Å². The lowest BCUT2D eigenvalue weighted by Crippen LogP contribution is -2.57. The third kappa shape index (κ3) is 4.55. The van der Waals surface area contributed by atoms with Crippen LogP contribution in [-0.2, 0) is 4.79 Å². The number of carbonyl (C=O) groups is 1. The molecule has 2 fully saturated rings. The van der Waals surface area contributed by atoms with Gasteiger partial charge in [-0.05, 0) is 49.6 Å². The van der Waals surface area contributed by atoms with Crippen LogP contribution < -0.4 is 15.4 Å². The van der Waals surface area contributed by atoms with Crippen molar-refractivity contribution in [1.29, 1.82) is 0 Å². The third-order valence-corrected chi connectivity index (χ3v) is 8.28. The average molecular weight is 485 g/mol. The Kier molecular flexibility index (Phi) is 6.22. The lowest BCUT2D eigenvalue weighted by Gasteiger charge is -2.40. The van der Waals surface area contributed by atoms with Gasteiger partial charge in [-0.15, -0.1) is 11.3 Å². The second kappa shape index (κ2) is 9.28. The van der Waals surface area contributed by atoms with Gasteiger partial charge in [-0.25, -0.2) is 4.98 Å². The van der Waals surface area contributed by atoms with Crippen LogP contribution >= 0.6 is 23.1 Å². The van der Waals surface area contributed by atoms with Crippen molar-refractivity contribution in [3.63, 3.8) is 0 Å². The first-order valence-electron chi connectivity index (χ1n) is 11.1. The van der Waals surface area contributed by atoms with Crippen molar-refractivity contribution in [1.82, 2.24) is 15.6 Å². The maximum Gasteiger partial charge on any atom is 0.283 e. The van der Waals surface area contributed by atoms with Gasteiger partial charge in [-0.1, -0.05) is 30.7 Å². The molecule has 2 aromatic carbocycles. The number of nitrogens with zero attached hydrogens (tertiary/aromatic N) is 2. The number of fused-ring (bicyclic) bond motifs is 2. The van der Waals surface area contributed by atoms with Gasteiger partial charge >= 0.3 is 0 Å². The van der Waals surface area contributed by atoms with Gasteiger partial charge in [0.1, 0.15) is 11.9 Å². The first-order valence-corrected chi connectivity index (χ1v) is 12.7. The van der Waals surface area contributed by atoms with Gasteiger partial charge in [0.25, 0.3) is 5.69 Å². The first kappa shape index (κ1) is 22.1. The summed E-state index contributed by atoms with van der Waals surface area (Å²) in [7, 11) is 0. The summed E-state index contributed by atoms with van der Waals surface area (Å²) in [6, 6.07) is 11.0. The molecule has 10 heteroatoms. The maximum absolute atomic E-state index is 12.6. The molecular formula is C23H24N4O4S2. The highest BCUT2D eigenvalue weighted by molar-refractivity contribution is 8.01. The molecule has 1 aliphatic heterocycles. The fourth-order valence-corrected chi connectivity index (χ4v) is 6.69. The summed E-state index contributed by atoms with van der Waals surface area (Å²) in [6.07, 6.45) is 3.58. The van der Waals surface area contributed by atoms with E-state index < -0.39 is 6.17 Å². The highest BCUT2D eigenvalue weighted by Gasteiger charge is 2.38. The Morgan fingerprint density at radius 3 is 2.91 bits per heavy atom. The molecule has 1 amide bonds. The average Bonchev–Trinajstić information content (AvgIpc) is 3.21. The number of benzene rings is 2. The molecule has 1 aromatic heterocycles. The number of hydrogen-bond acceptors (Lipinski definition) is 8. The zero-order chi connectivity index (χ0) is 22.9. The molecule has 0 radical (unpaired) electrons. The SMILES string of the molecule is CCOc1ccc2nc(Sc3ccc([C@@H]4NC(=O)[C@@H]5CCCC[C@@H]5N4)cc3[N+](=O)[O-])sc2c1. The zero-order valence-corrected chi connectivity index (χ0v) is 19.7. The van der Waals surface area contributed by atoms with Crippen LogP contribution in [0.5, 0.6) is 5.75 Å². The van der Waals surface area contributed by atoms with Crippen molar-refractivity contribution in [3.8, 4) is 5.75 Å². The van der Waals surface area contributed by atoms with E-state index in [4.69, 9.17) is 4.74 Å². The monoisotopic (exact) mass is 484 g/mol. The molecule has 2 aliphatic rings. The molecule has 0 unspecified atom stereocenters. The first-order chi connectivity index (χ1) is 16.0. The molecular weight excluding hydrogens is 460 g/mol. The minimum atomic E-state index is -0.422. The number of aromatic nitrogens is 1. The third-order valence-electron chi connectivity index (χ3n) is 6.13. The fraction of sp³-hybridized carbons (Fsp3) is 0.391. The number of thiazole rings is 1. The van der Waals surface area contributed by atoms with E-state index in [0.717, 1.165) is 46.0 Å². The molecule has 8 nitrogen and oxygen atoms in total. The van der Waals surface area contributed by atoms with Crippen molar-refractivity contribution in [2.75, 3.05) is 6.61 Å².